The number of amides is 2. The molecule has 0 fully saturated rings. The van der Waals surface area contributed by atoms with Gasteiger partial charge in [0.15, 0.2) is 11.5 Å². The summed E-state index contributed by atoms with van der Waals surface area (Å²) in [4.78, 5) is 28.6. The Bertz CT molecular complexity index is 1500. The van der Waals surface area contributed by atoms with Crippen molar-refractivity contribution in [3.63, 3.8) is 0 Å². The van der Waals surface area contributed by atoms with Crippen LogP contribution in [0.3, 0.4) is 0 Å². The van der Waals surface area contributed by atoms with Crippen LogP contribution in [-0.2, 0) is 26.2 Å². The fourth-order valence-electron chi connectivity index (χ4n) is 4.37. The van der Waals surface area contributed by atoms with Crippen molar-refractivity contribution < 1.29 is 31.9 Å². The van der Waals surface area contributed by atoms with Gasteiger partial charge in [0.05, 0.1) is 24.8 Å². The summed E-state index contributed by atoms with van der Waals surface area (Å²) in [6, 6.07) is 14.8. The molecule has 0 aliphatic heterocycles. The van der Waals surface area contributed by atoms with E-state index < -0.39 is 34.3 Å². The zero-order chi connectivity index (χ0) is 31.7. The van der Waals surface area contributed by atoms with Gasteiger partial charge in [0.1, 0.15) is 18.4 Å². The molecule has 3 rings (SSSR count). The molecular formula is C31H37ClFN3O6S. The highest BCUT2D eigenvalue weighted by Gasteiger charge is 2.34. The number of rotatable bonds is 14. The number of hydrogen-bond acceptors (Lipinski definition) is 6. The molecule has 12 heteroatoms. The van der Waals surface area contributed by atoms with Crippen LogP contribution in [0.4, 0.5) is 10.1 Å². The summed E-state index contributed by atoms with van der Waals surface area (Å²) >= 11 is 6.06. The summed E-state index contributed by atoms with van der Waals surface area (Å²) < 4.78 is 53.4. The minimum absolute atomic E-state index is 0.0251. The number of ether oxygens (including phenoxy) is 2. The molecule has 2 amide bonds. The van der Waals surface area contributed by atoms with Crippen molar-refractivity contribution in [1.82, 2.24) is 10.2 Å². The molecule has 3 aromatic rings. The molecule has 3 aromatic carbocycles. The number of nitrogens with one attached hydrogen (secondary N) is 1. The lowest BCUT2D eigenvalue weighted by Crippen LogP contribution is -2.52. The topological polar surface area (TPSA) is 105 Å². The first-order valence-corrected chi connectivity index (χ1v) is 15.5. The number of sulfonamides is 1. The second-order valence-electron chi connectivity index (χ2n) is 10.2. The minimum Gasteiger partial charge on any atom is -0.493 e. The first kappa shape index (κ1) is 33.7. The zero-order valence-corrected chi connectivity index (χ0v) is 26.4. The number of nitrogens with zero attached hydrogens (tertiary/aromatic N) is 2. The van der Waals surface area contributed by atoms with E-state index in [0.717, 1.165) is 16.4 Å². The van der Waals surface area contributed by atoms with Gasteiger partial charge in [0.25, 0.3) is 10.0 Å². The van der Waals surface area contributed by atoms with Crippen LogP contribution in [0.1, 0.15) is 32.8 Å². The van der Waals surface area contributed by atoms with E-state index in [0.29, 0.717) is 22.9 Å². The molecule has 232 valence electrons. The number of carbonyl (C=O) groups excluding carboxylic acids is 2. The Hall–Kier alpha value is -3.83. The molecule has 9 nitrogen and oxygen atoms in total. The summed E-state index contributed by atoms with van der Waals surface area (Å²) in [5, 5.41) is 3.39. The number of carbonyl (C=O) groups is 2. The molecule has 0 radical (unpaired) electrons. The molecule has 0 aliphatic rings. The molecule has 43 heavy (non-hydrogen) atoms. The van der Waals surface area contributed by atoms with Crippen LogP contribution in [0.15, 0.2) is 71.6 Å². The highest BCUT2D eigenvalue weighted by Crippen LogP contribution is 2.32. The molecule has 0 saturated carbocycles. The van der Waals surface area contributed by atoms with Crippen molar-refractivity contribution in [3.05, 3.63) is 83.1 Å². The number of halogens is 2. The molecular weight excluding hydrogens is 597 g/mol. The van der Waals surface area contributed by atoms with Crippen LogP contribution in [0, 0.1) is 11.7 Å². The average Bonchev–Trinajstić information content (AvgIpc) is 2.99. The van der Waals surface area contributed by atoms with Gasteiger partial charge in [-0.15, -0.1) is 0 Å². The van der Waals surface area contributed by atoms with E-state index in [1.54, 1.807) is 31.2 Å². The lowest BCUT2D eigenvalue weighted by Gasteiger charge is -2.33. The standard InChI is InChI=1S/C31H37ClFN3O6S/c1-6-27(31(38)34-18-21(2)3)35(19-22-7-9-23(32)10-8-22)30(37)20-36(25-13-11-24(33)12-14-25)43(39,40)26-15-16-28(41-4)29(17-26)42-5/h7-17,21,27H,6,18-20H2,1-5H3,(H,34,38)/t27-/m1/s1. The Kier molecular flexibility index (Phi) is 11.8. The Morgan fingerprint density at radius 3 is 2.14 bits per heavy atom. The summed E-state index contributed by atoms with van der Waals surface area (Å²) in [6.07, 6.45) is 0.280. The molecule has 1 N–H and O–H groups in total. The van der Waals surface area contributed by atoms with E-state index in [-0.39, 0.29) is 41.1 Å². The van der Waals surface area contributed by atoms with Gasteiger partial charge in [-0.3, -0.25) is 13.9 Å². The van der Waals surface area contributed by atoms with Crippen molar-refractivity contribution in [2.24, 2.45) is 5.92 Å². The van der Waals surface area contributed by atoms with Crippen LogP contribution in [0.25, 0.3) is 0 Å². The van der Waals surface area contributed by atoms with Crippen molar-refractivity contribution in [3.8, 4) is 11.5 Å². The maximum absolute atomic E-state index is 14.1. The molecule has 0 saturated heterocycles. The summed E-state index contributed by atoms with van der Waals surface area (Å²) in [5.74, 6) is -0.882. The van der Waals surface area contributed by atoms with E-state index in [1.807, 2.05) is 13.8 Å². The van der Waals surface area contributed by atoms with E-state index in [9.17, 15) is 22.4 Å². The van der Waals surface area contributed by atoms with Crippen LogP contribution in [-0.4, -0.2) is 58.5 Å². The fraction of sp³-hybridized carbons (Fsp3) is 0.355. The van der Waals surface area contributed by atoms with Crippen molar-refractivity contribution >= 4 is 39.1 Å². The van der Waals surface area contributed by atoms with Crippen LogP contribution >= 0.6 is 11.6 Å². The zero-order valence-electron chi connectivity index (χ0n) is 24.8. The Balaban J connectivity index is 2.08. The summed E-state index contributed by atoms with van der Waals surface area (Å²) in [5.41, 5.74) is 0.761. The van der Waals surface area contributed by atoms with Gasteiger partial charge < -0.3 is 19.7 Å². The molecule has 0 spiro atoms. The van der Waals surface area contributed by atoms with Crippen molar-refractivity contribution in [2.75, 3.05) is 31.6 Å². The van der Waals surface area contributed by atoms with Gasteiger partial charge in [0, 0.05) is 24.2 Å². The van der Waals surface area contributed by atoms with E-state index in [4.69, 9.17) is 21.1 Å². The normalized spacial score (nSPS) is 12.0. The Labute approximate surface area is 257 Å². The van der Waals surface area contributed by atoms with E-state index in [2.05, 4.69) is 5.32 Å². The first-order chi connectivity index (χ1) is 20.4. The predicted molar refractivity (Wildman–Crippen MR) is 164 cm³/mol. The lowest BCUT2D eigenvalue weighted by molar-refractivity contribution is -0.140. The average molecular weight is 634 g/mol. The lowest BCUT2D eigenvalue weighted by atomic mass is 10.1. The quantitative estimate of drug-likeness (QED) is 0.259. The smallest absolute Gasteiger partial charge is 0.264 e. The number of methoxy groups -OCH3 is 2. The maximum Gasteiger partial charge on any atom is 0.264 e. The Morgan fingerprint density at radius 2 is 1.58 bits per heavy atom. The van der Waals surface area contributed by atoms with E-state index in [1.165, 1.54) is 49.5 Å². The van der Waals surface area contributed by atoms with Crippen molar-refractivity contribution in [2.45, 2.75) is 44.7 Å². The molecule has 1 atom stereocenters. The number of hydrogen-bond donors (Lipinski definition) is 1. The third kappa shape index (κ3) is 8.61. The van der Waals surface area contributed by atoms with Gasteiger partial charge in [-0.2, -0.15) is 0 Å². The molecule has 0 unspecified atom stereocenters. The third-order valence-electron chi connectivity index (χ3n) is 6.67. The third-order valence-corrected chi connectivity index (χ3v) is 8.69. The van der Waals surface area contributed by atoms with Crippen LogP contribution < -0.4 is 19.1 Å². The second-order valence-corrected chi connectivity index (χ2v) is 12.5. The highest BCUT2D eigenvalue weighted by atomic mass is 35.5. The van der Waals surface area contributed by atoms with Gasteiger partial charge in [-0.25, -0.2) is 12.8 Å². The largest absolute Gasteiger partial charge is 0.493 e. The predicted octanol–water partition coefficient (Wildman–Crippen LogP) is 5.27. The first-order valence-electron chi connectivity index (χ1n) is 13.7. The maximum atomic E-state index is 14.1. The molecule has 0 heterocycles. The Morgan fingerprint density at radius 1 is 0.953 bits per heavy atom. The summed E-state index contributed by atoms with van der Waals surface area (Å²) in [7, 11) is -1.60. The molecule has 0 bridgehead atoms. The van der Waals surface area contributed by atoms with Crippen LogP contribution in [0.2, 0.25) is 5.02 Å². The SMILES string of the molecule is CC[C@H](C(=O)NCC(C)C)N(Cc1ccc(Cl)cc1)C(=O)CN(c1ccc(F)cc1)S(=O)(=O)c1ccc(OC)c(OC)c1. The minimum atomic E-state index is -4.40. The second kappa shape index (κ2) is 15.1. The molecule has 0 aliphatic carbocycles. The van der Waals surface area contributed by atoms with Crippen LogP contribution in [0.5, 0.6) is 11.5 Å². The fourth-order valence-corrected chi connectivity index (χ4v) is 5.92. The van der Waals surface area contributed by atoms with Crippen molar-refractivity contribution in [1.29, 1.82) is 0 Å². The van der Waals surface area contributed by atoms with Gasteiger partial charge >= 0.3 is 0 Å². The van der Waals surface area contributed by atoms with Gasteiger partial charge in [0.2, 0.25) is 11.8 Å². The molecule has 0 aromatic heterocycles. The highest BCUT2D eigenvalue weighted by molar-refractivity contribution is 7.92. The van der Waals surface area contributed by atoms with Gasteiger partial charge in [-0.05, 0) is 66.4 Å². The number of benzene rings is 3. The van der Waals surface area contributed by atoms with E-state index >= 15 is 0 Å². The van der Waals surface area contributed by atoms with Gasteiger partial charge in [-0.1, -0.05) is 44.5 Å². The number of anilines is 1. The summed E-state index contributed by atoms with van der Waals surface area (Å²) in [6.45, 7) is 5.46. The monoisotopic (exact) mass is 633 g/mol.